The summed E-state index contributed by atoms with van der Waals surface area (Å²) < 4.78 is 10.5. The van der Waals surface area contributed by atoms with Crippen LogP contribution in [0, 0.1) is 0 Å². The van der Waals surface area contributed by atoms with Gasteiger partial charge in [0, 0.05) is 20.8 Å². The number of methoxy groups -OCH3 is 2. The highest BCUT2D eigenvalue weighted by Gasteiger charge is 2.20. The van der Waals surface area contributed by atoms with Gasteiger partial charge in [-0.15, -0.1) is 0 Å². The Balaban J connectivity index is 3.45. The molecule has 0 aliphatic heterocycles. The zero-order valence-electron chi connectivity index (χ0n) is 8.64. The molecule has 0 spiro atoms. The molecule has 12 heavy (non-hydrogen) atoms. The summed E-state index contributed by atoms with van der Waals surface area (Å²) in [6.45, 7) is 4.03. The average molecular weight is 191 g/mol. The molecule has 0 amide bonds. The average Bonchev–Trinajstić information content (AvgIpc) is 2.12. The maximum absolute atomic E-state index is 5.24. The lowest BCUT2D eigenvalue weighted by atomic mass is 10.3. The molecule has 0 atom stereocenters. The standard InChI is InChI=1S/C8H21NO2Si/c1-4-5-6-9-7-8(12,10-2)11-3/h9H,4-7H2,1-3,12H3. The van der Waals surface area contributed by atoms with Crippen molar-refractivity contribution in [3.05, 3.63) is 0 Å². The SMILES string of the molecule is CCCCNCC([SiH3])(OC)OC. The first-order valence-electron chi connectivity index (χ1n) is 4.49. The summed E-state index contributed by atoms with van der Waals surface area (Å²) in [5.41, 5.74) is -0.340. The number of ether oxygens (including phenoxy) is 2. The fourth-order valence-electron chi connectivity index (χ4n) is 0.845. The van der Waals surface area contributed by atoms with Crippen LogP contribution in [0.2, 0.25) is 0 Å². The van der Waals surface area contributed by atoms with Crippen molar-refractivity contribution in [2.45, 2.75) is 25.2 Å². The van der Waals surface area contributed by atoms with Crippen LogP contribution in [0.4, 0.5) is 0 Å². The smallest absolute Gasteiger partial charge is 0.152 e. The van der Waals surface area contributed by atoms with Crippen LogP contribution in [0.15, 0.2) is 0 Å². The van der Waals surface area contributed by atoms with Crippen LogP contribution < -0.4 is 5.32 Å². The Hall–Kier alpha value is 0.0969. The van der Waals surface area contributed by atoms with Crippen molar-refractivity contribution in [3.8, 4) is 0 Å². The third-order valence-electron chi connectivity index (χ3n) is 2.02. The van der Waals surface area contributed by atoms with Crippen molar-refractivity contribution < 1.29 is 9.47 Å². The van der Waals surface area contributed by atoms with Crippen molar-refractivity contribution >= 4 is 10.2 Å². The van der Waals surface area contributed by atoms with Crippen molar-refractivity contribution in [2.24, 2.45) is 0 Å². The van der Waals surface area contributed by atoms with Gasteiger partial charge in [0.25, 0.3) is 0 Å². The molecule has 0 bridgehead atoms. The van der Waals surface area contributed by atoms with Crippen molar-refractivity contribution in [1.29, 1.82) is 0 Å². The van der Waals surface area contributed by atoms with Gasteiger partial charge in [-0.05, 0) is 13.0 Å². The van der Waals surface area contributed by atoms with Crippen molar-refractivity contribution in [2.75, 3.05) is 27.3 Å². The van der Waals surface area contributed by atoms with E-state index in [1.807, 2.05) is 0 Å². The van der Waals surface area contributed by atoms with E-state index in [1.54, 1.807) is 14.2 Å². The topological polar surface area (TPSA) is 30.5 Å². The first-order chi connectivity index (χ1) is 5.68. The van der Waals surface area contributed by atoms with Crippen LogP contribution in [0.25, 0.3) is 0 Å². The molecule has 0 aliphatic carbocycles. The van der Waals surface area contributed by atoms with E-state index in [9.17, 15) is 0 Å². The predicted molar refractivity (Wildman–Crippen MR) is 54.5 cm³/mol. The molecule has 0 unspecified atom stereocenters. The molecule has 74 valence electrons. The maximum atomic E-state index is 5.24. The van der Waals surface area contributed by atoms with Crippen molar-refractivity contribution in [3.63, 3.8) is 0 Å². The fourth-order valence-corrected chi connectivity index (χ4v) is 1.09. The van der Waals surface area contributed by atoms with Crippen LogP contribution in [0.3, 0.4) is 0 Å². The van der Waals surface area contributed by atoms with E-state index >= 15 is 0 Å². The largest absolute Gasteiger partial charge is 0.357 e. The lowest BCUT2D eigenvalue weighted by Crippen LogP contribution is -2.44. The minimum Gasteiger partial charge on any atom is -0.357 e. The lowest BCUT2D eigenvalue weighted by Gasteiger charge is -2.26. The molecule has 4 heteroatoms. The van der Waals surface area contributed by atoms with Gasteiger partial charge in [-0.1, -0.05) is 13.3 Å². The fraction of sp³-hybridized carbons (Fsp3) is 1.00. The van der Waals surface area contributed by atoms with Crippen LogP contribution in [0.1, 0.15) is 19.8 Å². The highest BCUT2D eigenvalue weighted by atomic mass is 28.1. The van der Waals surface area contributed by atoms with E-state index in [1.165, 1.54) is 12.8 Å². The Morgan fingerprint density at radius 1 is 1.33 bits per heavy atom. The minimum atomic E-state index is -0.340. The molecule has 0 radical (unpaired) electrons. The Morgan fingerprint density at radius 3 is 2.33 bits per heavy atom. The van der Waals surface area contributed by atoms with E-state index < -0.39 is 0 Å². The van der Waals surface area contributed by atoms with Gasteiger partial charge in [0.15, 0.2) is 5.41 Å². The molecule has 0 rings (SSSR count). The molecule has 0 aliphatic rings. The van der Waals surface area contributed by atoms with E-state index in [4.69, 9.17) is 9.47 Å². The van der Waals surface area contributed by atoms with E-state index in [-0.39, 0.29) is 5.41 Å². The van der Waals surface area contributed by atoms with Crippen LogP contribution >= 0.6 is 0 Å². The third-order valence-corrected chi connectivity index (χ3v) is 3.19. The Bertz CT molecular complexity index is 107. The number of nitrogens with one attached hydrogen (secondary N) is 1. The molecule has 0 fully saturated rings. The summed E-state index contributed by atoms with van der Waals surface area (Å²) in [5, 5.41) is 3.31. The molecular formula is C8H21NO2Si. The van der Waals surface area contributed by atoms with Crippen LogP contribution in [-0.2, 0) is 9.47 Å². The quantitative estimate of drug-likeness (QED) is 0.340. The molecule has 0 saturated carbocycles. The van der Waals surface area contributed by atoms with Gasteiger partial charge in [-0.3, -0.25) is 0 Å². The molecule has 0 aromatic heterocycles. The summed E-state index contributed by atoms with van der Waals surface area (Å²) in [6.07, 6.45) is 2.44. The highest BCUT2D eigenvalue weighted by molar-refractivity contribution is 6.13. The second-order valence-electron chi connectivity index (χ2n) is 3.07. The zero-order valence-corrected chi connectivity index (χ0v) is 10.6. The summed E-state index contributed by atoms with van der Waals surface area (Å²) in [7, 11) is 4.27. The first-order valence-corrected chi connectivity index (χ1v) is 5.49. The first kappa shape index (κ1) is 12.1. The molecule has 0 saturated heterocycles. The molecule has 0 aromatic rings. The number of rotatable bonds is 7. The summed E-state index contributed by atoms with van der Waals surface area (Å²) in [5.74, 6) is 0. The van der Waals surface area contributed by atoms with Gasteiger partial charge in [0.05, 0.1) is 10.2 Å². The number of unbranched alkanes of at least 4 members (excludes halogenated alkanes) is 1. The molecule has 0 heterocycles. The lowest BCUT2D eigenvalue weighted by molar-refractivity contribution is -0.138. The monoisotopic (exact) mass is 191 g/mol. The number of hydrogen-bond donors (Lipinski definition) is 1. The molecule has 3 nitrogen and oxygen atoms in total. The second-order valence-corrected chi connectivity index (χ2v) is 4.60. The van der Waals surface area contributed by atoms with E-state index in [0.29, 0.717) is 0 Å². The van der Waals surface area contributed by atoms with Crippen LogP contribution in [-0.4, -0.2) is 43.0 Å². The zero-order chi connectivity index (χ0) is 9.45. The van der Waals surface area contributed by atoms with Gasteiger partial charge in [-0.2, -0.15) is 0 Å². The van der Waals surface area contributed by atoms with Crippen molar-refractivity contribution in [1.82, 2.24) is 5.32 Å². The summed E-state index contributed by atoms with van der Waals surface area (Å²) in [6, 6.07) is 0. The van der Waals surface area contributed by atoms with Gasteiger partial charge in [0.1, 0.15) is 0 Å². The Labute approximate surface area is 78.2 Å². The van der Waals surface area contributed by atoms with E-state index in [2.05, 4.69) is 12.2 Å². The van der Waals surface area contributed by atoms with E-state index in [0.717, 1.165) is 23.3 Å². The second kappa shape index (κ2) is 6.60. The maximum Gasteiger partial charge on any atom is 0.152 e. The van der Waals surface area contributed by atoms with Gasteiger partial charge in [-0.25, -0.2) is 0 Å². The van der Waals surface area contributed by atoms with Gasteiger partial charge < -0.3 is 14.8 Å². The summed E-state index contributed by atoms with van der Waals surface area (Å²) >= 11 is 0. The summed E-state index contributed by atoms with van der Waals surface area (Å²) in [4.78, 5) is 0. The third kappa shape index (κ3) is 4.87. The molecule has 1 N–H and O–H groups in total. The number of hydrogen-bond acceptors (Lipinski definition) is 3. The normalized spacial score (nSPS) is 12.2. The Morgan fingerprint density at radius 2 is 1.92 bits per heavy atom. The highest BCUT2D eigenvalue weighted by Crippen LogP contribution is 2.02. The Kier molecular flexibility index (Phi) is 6.65. The molecule has 0 aromatic carbocycles. The van der Waals surface area contributed by atoms with Crippen LogP contribution in [0.5, 0.6) is 0 Å². The minimum absolute atomic E-state index is 0.340. The van der Waals surface area contributed by atoms with Gasteiger partial charge >= 0.3 is 0 Å². The predicted octanol–water partition coefficient (Wildman–Crippen LogP) is -0.312. The van der Waals surface area contributed by atoms with Gasteiger partial charge in [0.2, 0.25) is 0 Å². The molecular weight excluding hydrogens is 170 g/mol.